The Morgan fingerprint density at radius 1 is 0.750 bits per heavy atom. The second kappa shape index (κ2) is 21.7. The summed E-state index contributed by atoms with van der Waals surface area (Å²) in [6.45, 7) is 8.22. The number of phenolic OH excluding ortho intramolecular Hbond substituents is 2. The summed E-state index contributed by atoms with van der Waals surface area (Å²) in [6, 6.07) is 25.6. The summed E-state index contributed by atoms with van der Waals surface area (Å²) in [5.41, 5.74) is 3.60. The van der Waals surface area contributed by atoms with Crippen molar-refractivity contribution in [3.63, 3.8) is 0 Å². The van der Waals surface area contributed by atoms with E-state index < -0.39 is 26.8 Å². The van der Waals surface area contributed by atoms with E-state index in [2.05, 4.69) is 52.9 Å². The molecular formula is C50H56N4O9S. The fourth-order valence-electron chi connectivity index (χ4n) is 7.56. The summed E-state index contributed by atoms with van der Waals surface area (Å²) in [4.78, 5) is 25.0. The molecule has 6 rings (SSSR count). The van der Waals surface area contributed by atoms with E-state index >= 15 is 0 Å². The van der Waals surface area contributed by atoms with Crippen molar-refractivity contribution in [1.29, 1.82) is 0 Å². The van der Waals surface area contributed by atoms with Crippen molar-refractivity contribution < 1.29 is 42.2 Å². The van der Waals surface area contributed by atoms with Gasteiger partial charge in [-0.1, -0.05) is 75.9 Å². The minimum atomic E-state index is -4.61. The molecule has 336 valence electrons. The van der Waals surface area contributed by atoms with E-state index in [1.807, 2.05) is 6.07 Å². The van der Waals surface area contributed by atoms with Gasteiger partial charge in [0.25, 0.3) is 16.0 Å². The van der Waals surface area contributed by atoms with Gasteiger partial charge in [0.05, 0.1) is 28.4 Å². The minimum absolute atomic E-state index is 0.0300. The molecule has 0 aromatic heterocycles. The van der Waals surface area contributed by atoms with Gasteiger partial charge in [0.2, 0.25) is 5.91 Å². The summed E-state index contributed by atoms with van der Waals surface area (Å²) >= 11 is 0. The highest BCUT2D eigenvalue weighted by molar-refractivity contribution is 7.85. The van der Waals surface area contributed by atoms with Gasteiger partial charge in [-0.25, -0.2) is 0 Å². The number of aromatic hydroxyl groups is 2. The molecule has 0 fully saturated rings. The van der Waals surface area contributed by atoms with Gasteiger partial charge < -0.3 is 30.3 Å². The number of hydrogen-bond acceptors (Lipinski definition) is 10. The molecule has 0 saturated carbocycles. The van der Waals surface area contributed by atoms with Crippen LogP contribution in [0.1, 0.15) is 99.2 Å². The molecule has 6 aromatic rings. The molecule has 0 heterocycles. The lowest BCUT2D eigenvalue weighted by molar-refractivity contribution is -0.114. The molecule has 14 heteroatoms. The molecular weight excluding hydrogens is 833 g/mol. The van der Waals surface area contributed by atoms with Gasteiger partial charge in [0, 0.05) is 29.6 Å². The maximum absolute atomic E-state index is 13.5. The second-order valence-corrected chi connectivity index (χ2v) is 17.3. The number of fused-ring (bicyclic) bond motifs is 2. The fraction of sp³-hybridized carbons (Fsp3) is 0.320. The minimum Gasteiger partial charge on any atom is -0.506 e. The highest BCUT2D eigenvalue weighted by Gasteiger charge is 2.21. The Bertz CT molecular complexity index is 2770. The van der Waals surface area contributed by atoms with Crippen LogP contribution in [-0.2, 0) is 27.8 Å². The average Bonchev–Trinajstić information content (AvgIpc) is 3.26. The van der Waals surface area contributed by atoms with Crippen molar-refractivity contribution in [2.24, 2.45) is 10.2 Å². The Kier molecular flexibility index (Phi) is 15.9. The molecule has 0 unspecified atom stereocenters. The predicted molar refractivity (Wildman–Crippen MR) is 251 cm³/mol. The van der Waals surface area contributed by atoms with Crippen molar-refractivity contribution in [3.8, 4) is 28.7 Å². The van der Waals surface area contributed by atoms with Crippen LogP contribution in [0.25, 0.3) is 21.5 Å². The number of aryl methyl sites for hydroxylation is 3. The van der Waals surface area contributed by atoms with Crippen LogP contribution in [0.5, 0.6) is 28.7 Å². The first-order valence-electron chi connectivity index (χ1n) is 21.8. The molecule has 0 aliphatic heterocycles. The van der Waals surface area contributed by atoms with Gasteiger partial charge in [-0.2, -0.15) is 13.5 Å². The zero-order valence-corrected chi connectivity index (χ0v) is 37.6. The highest BCUT2D eigenvalue weighted by Crippen LogP contribution is 2.44. The zero-order chi connectivity index (χ0) is 45.8. The number of amides is 2. The van der Waals surface area contributed by atoms with Gasteiger partial charge in [-0.05, 0) is 122 Å². The third-order valence-electron chi connectivity index (χ3n) is 10.9. The summed E-state index contributed by atoms with van der Waals surface area (Å²) in [5.74, 6) is 0.258. The highest BCUT2D eigenvalue weighted by atomic mass is 32.2. The van der Waals surface area contributed by atoms with Gasteiger partial charge in [0.15, 0.2) is 5.75 Å². The van der Waals surface area contributed by atoms with Crippen molar-refractivity contribution in [1.82, 2.24) is 5.32 Å². The molecule has 0 aliphatic carbocycles. The molecule has 64 heavy (non-hydrogen) atoms. The fourth-order valence-corrected chi connectivity index (χ4v) is 8.10. The molecule has 5 N–H and O–H groups in total. The smallest absolute Gasteiger partial charge is 0.294 e. The first kappa shape index (κ1) is 47.0. The number of carbonyl (C=O) groups excluding carboxylic acids is 2. The molecule has 0 radical (unpaired) electrons. The third-order valence-corrected chi connectivity index (χ3v) is 11.7. The predicted octanol–water partition coefficient (Wildman–Crippen LogP) is 12.2. The van der Waals surface area contributed by atoms with Crippen LogP contribution >= 0.6 is 0 Å². The first-order chi connectivity index (χ1) is 30.8. The number of rotatable bonds is 21. The van der Waals surface area contributed by atoms with Crippen LogP contribution in [0.3, 0.4) is 0 Å². The number of benzene rings is 6. The van der Waals surface area contributed by atoms with Crippen molar-refractivity contribution in [2.75, 3.05) is 18.5 Å². The Balaban J connectivity index is 1.11. The van der Waals surface area contributed by atoms with Crippen molar-refractivity contribution in [3.05, 3.63) is 113 Å². The van der Waals surface area contributed by atoms with Crippen LogP contribution in [0.15, 0.2) is 106 Å². The first-order valence-corrected chi connectivity index (χ1v) is 23.2. The SMILES string of the molecule is CCCCCc1ccc(OCCCCNC(=O)c2cc(Oc3ccc(N=Nc4c(C)cc5cc(S(=O)(=O)O)cc(NC(C)=O)c5c4O)cc3)c3ccccc3c2O)c(CCCCC)c1. The van der Waals surface area contributed by atoms with E-state index in [0.717, 1.165) is 43.9 Å². The average molecular weight is 889 g/mol. The van der Waals surface area contributed by atoms with E-state index in [4.69, 9.17) is 9.47 Å². The molecule has 0 atom stereocenters. The lowest BCUT2D eigenvalue weighted by atomic mass is 10.00. The van der Waals surface area contributed by atoms with E-state index in [0.29, 0.717) is 53.1 Å². The number of phenols is 2. The molecule has 0 bridgehead atoms. The normalized spacial score (nSPS) is 11.6. The van der Waals surface area contributed by atoms with Gasteiger partial charge in [-0.15, -0.1) is 5.11 Å². The number of nitrogens with zero attached hydrogens (tertiary/aromatic N) is 2. The lowest BCUT2D eigenvalue weighted by Crippen LogP contribution is -2.25. The van der Waals surface area contributed by atoms with Gasteiger partial charge in [0.1, 0.15) is 28.7 Å². The van der Waals surface area contributed by atoms with Crippen molar-refractivity contribution in [2.45, 2.75) is 96.8 Å². The molecule has 0 spiro atoms. The number of hydrogen-bond donors (Lipinski definition) is 5. The van der Waals surface area contributed by atoms with Gasteiger partial charge in [-0.3, -0.25) is 14.1 Å². The molecule has 0 aliphatic rings. The van der Waals surface area contributed by atoms with Crippen molar-refractivity contribution >= 4 is 60.5 Å². The Morgan fingerprint density at radius 3 is 2.17 bits per heavy atom. The maximum atomic E-state index is 13.5. The Morgan fingerprint density at radius 2 is 1.47 bits per heavy atom. The van der Waals surface area contributed by atoms with E-state index in [1.54, 1.807) is 55.5 Å². The van der Waals surface area contributed by atoms with Crippen LogP contribution in [0.2, 0.25) is 0 Å². The number of carbonyl (C=O) groups is 2. The monoisotopic (exact) mass is 888 g/mol. The number of azo groups is 1. The molecule has 0 saturated heterocycles. The molecule has 2 amide bonds. The van der Waals surface area contributed by atoms with Crippen LogP contribution in [0.4, 0.5) is 17.1 Å². The number of nitrogens with one attached hydrogen (secondary N) is 2. The van der Waals surface area contributed by atoms with Crippen LogP contribution in [0, 0.1) is 6.92 Å². The number of anilines is 1. The summed E-state index contributed by atoms with van der Waals surface area (Å²) in [5, 5.41) is 37.9. The summed E-state index contributed by atoms with van der Waals surface area (Å²) < 4.78 is 46.0. The Hall–Kier alpha value is -6.51. The quantitative estimate of drug-likeness (QED) is 0.0265. The standard InChI is InChI=1S/C50H56N4O9S/c1-5-7-9-15-34-19-24-44(35(28-34)16-10-8-6-2)62-26-14-13-25-51-50(58)42-31-45(40-17-11-12-18-41(40)48(42)56)63-38-22-20-37(21-23-38)53-54-47-32(3)27-36-29-39(64(59,60)61)30-43(52-33(4)55)46(36)49(47)57/h11-12,17-24,27-31,56-57H,5-10,13-16,25-26H2,1-4H3,(H,51,58)(H,52,55)(H,59,60,61). The largest absolute Gasteiger partial charge is 0.506 e. The maximum Gasteiger partial charge on any atom is 0.294 e. The zero-order valence-electron chi connectivity index (χ0n) is 36.7. The number of unbranched alkanes of at least 4 members (excludes halogenated alkanes) is 5. The van der Waals surface area contributed by atoms with E-state index in [9.17, 15) is 32.8 Å². The van der Waals surface area contributed by atoms with Gasteiger partial charge >= 0.3 is 0 Å². The number of ether oxygens (including phenoxy) is 2. The van der Waals surface area contributed by atoms with Crippen LogP contribution < -0.4 is 20.1 Å². The van der Waals surface area contributed by atoms with E-state index in [-0.39, 0.29) is 39.2 Å². The lowest BCUT2D eigenvalue weighted by Gasteiger charge is -2.15. The molecule has 6 aromatic carbocycles. The van der Waals surface area contributed by atoms with Crippen LogP contribution in [-0.4, -0.2) is 48.1 Å². The summed E-state index contributed by atoms with van der Waals surface area (Å²) in [6.07, 6.45) is 10.6. The summed E-state index contributed by atoms with van der Waals surface area (Å²) in [7, 11) is -4.61. The van der Waals surface area contributed by atoms with E-state index in [1.165, 1.54) is 55.9 Å². The molecule has 13 nitrogen and oxygen atoms in total. The third kappa shape index (κ3) is 11.9. The topological polar surface area (TPSA) is 196 Å². The Labute approximate surface area is 374 Å². The second-order valence-electron chi connectivity index (χ2n) is 15.9.